The van der Waals surface area contributed by atoms with E-state index in [0.29, 0.717) is 41.2 Å². The van der Waals surface area contributed by atoms with Gasteiger partial charge in [0.1, 0.15) is 36.1 Å². The number of ether oxygens (including phenoxy) is 2. The largest absolute Gasteiger partial charge is 0.457 e. The van der Waals surface area contributed by atoms with Gasteiger partial charge in [0.25, 0.3) is 5.91 Å². The number of hydrogen-bond acceptors (Lipinski definition) is 10. The van der Waals surface area contributed by atoms with Crippen LogP contribution in [0.15, 0.2) is 134 Å². The van der Waals surface area contributed by atoms with Crippen molar-refractivity contribution in [1.29, 1.82) is 0 Å². The molecule has 1 aliphatic heterocycles. The van der Waals surface area contributed by atoms with E-state index in [-0.39, 0.29) is 12.5 Å². The molecule has 1 amide bonds. The Labute approximate surface area is 314 Å². The minimum absolute atomic E-state index is 0.0370. The Bertz CT molecular complexity index is 2620. The Morgan fingerprint density at radius 3 is 2.47 bits per heavy atom. The number of rotatable bonds is 11. The smallest absolute Gasteiger partial charge is 0.251 e. The molecular formula is C42H36N8O5. The predicted octanol–water partition coefficient (Wildman–Crippen LogP) is 5.83. The normalized spacial score (nSPS) is 18.2. The molecule has 8 aromatic rings. The summed E-state index contributed by atoms with van der Waals surface area (Å²) in [6, 6.07) is 37.2. The molecule has 13 heteroatoms. The van der Waals surface area contributed by atoms with Gasteiger partial charge in [0.05, 0.1) is 23.7 Å². The first-order valence-electron chi connectivity index (χ1n) is 17.9. The summed E-state index contributed by atoms with van der Waals surface area (Å²) in [6.45, 7) is 1.07. The Kier molecular flexibility index (Phi) is 9.08. The van der Waals surface area contributed by atoms with Gasteiger partial charge in [0.2, 0.25) is 0 Å². The van der Waals surface area contributed by atoms with Crippen LogP contribution in [-0.2, 0) is 17.8 Å². The van der Waals surface area contributed by atoms with Crippen molar-refractivity contribution in [3.05, 3.63) is 151 Å². The summed E-state index contributed by atoms with van der Waals surface area (Å²) in [5, 5.41) is 30.5. The maximum atomic E-state index is 13.3. The Morgan fingerprint density at radius 2 is 1.60 bits per heavy atom. The first kappa shape index (κ1) is 34.1. The Hall–Kier alpha value is -6.67. The highest BCUT2D eigenvalue weighted by molar-refractivity contribution is 5.97. The van der Waals surface area contributed by atoms with E-state index >= 15 is 0 Å². The van der Waals surface area contributed by atoms with Crippen LogP contribution in [0, 0.1) is 0 Å². The van der Waals surface area contributed by atoms with Gasteiger partial charge in [-0.15, -0.1) is 0 Å². The molecule has 5 aromatic carbocycles. The summed E-state index contributed by atoms with van der Waals surface area (Å²) in [5.41, 5.74) is 5.08. The standard InChI is InChI=1S/C42H36N8O5/c51-37-35(21-44-41(53)28-15-18-34-33(19-28)47-24-49(34)22-29-9-6-8-27-7-4-5-12-32(27)29)55-42(38(37)52)50-25-48-36-39(45-23-46-40(36)50)43-20-26-13-16-31(17-14-26)54-30-10-2-1-3-11-30/h1-19,23-25,35,37-38,42,51-52H,20-22H2,(H,44,53)(H,43,45,46)/t35-,37-,38-,42-/m1/s1. The van der Waals surface area contributed by atoms with E-state index in [1.165, 1.54) is 29.0 Å². The maximum Gasteiger partial charge on any atom is 0.251 e. The van der Waals surface area contributed by atoms with Crippen molar-refractivity contribution >= 4 is 44.7 Å². The van der Waals surface area contributed by atoms with Crippen molar-refractivity contribution in [2.75, 3.05) is 11.9 Å². The van der Waals surface area contributed by atoms with Crippen LogP contribution in [-0.4, -0.2) is 70.0 Å². The Morgan fingerprint density at radius 1 is 0.800 bits per heavy atom. The number of carbonyl (C=O) groups is 1. The van der Waals surface area contributed by atoms with Crippen molar-refractivity contribution in [1.82, 2.24) is 34.4 Å². The summed E-state index contributed by atoms with van der Waals surface area (Å²) in [7, 11) is 0. The third-order valence-electron chi connectivity index (χ3n) is 9.90. The number of aliphatic hydroxyl groups is 2. The van der Waals surface area contributed by atoms with E-state index in [1.807, 2.05) is 72.8 Å². The van der Waals surface area contributed by atoms with Gasteiger partial charge in [-0.25, -0.2) is 19.9 Å². The van der Waals surface area contributed by atoms with Gasteiger partial charge in [-0.2, -0.15) is 0 Å². The average Bonchev–Trinajstić information content (AvgIpc) is 3.92. The van der Waals surface area contributed by atoms with Crippen LogP contribution in [0.2, 0.25) is 0 Å². The molecule has 274 valence electrons. The highest BCUT2D eigenvalue weighted by Crippen LogP contribution is 2.32. The molecule has 0 spiro atoms. The van der Waals surface area contributed by atoms with Gasteiger partial charge in [0, 0.05) is 25.2 Å². The summed E-state index contributed by atoms with van der Waals surface area (Å²) in [6.07, 6.45) is 0.216. The molecule has 0 aliphatic carbocycles. The minimum atomic E-state index is -1.30. The van der Waals surface area contributed by atoms with Gasteiger partial charge in [-0.3, -0.25) is 9.36 Å². The molecule has 3 aromatic heterocycles. The lowest BCUT2D eigenvalue weighted by molar-refractivity contribution is -0.0337. The van der Waals surface area contributed by atoms with E-state index in [4.69, 9.17) is 9.47 Å². The molecular weight excluding hydrogens is 697 g/mol. The maximum absolute atomic E-state index is 13.3. The molecule has 4 atom stereocenters. The number of benzene rings is 5. The van der Waals surface area contributed by atoms with Gasteiger partial charge < -0.3 is 34.9 Å². The van der Waals surface area contributed by atoms with Crippen molar-refractivity contribution < 1.29 is 24.5 Å². The van der Waals surface area contributed by atoms with Crippen LogP contribution in [0.1, 0.15) is 27.7 Å². The van der Waals surface area contributed by atoms with Gasteiger partial charge in [-0.1, -0.05) is 72.8 Å². The molecule has 0 saturated carbocycles. The second-order valence-electron chi connectivity index (χ2n) is 13.4. The number of fused-ring (bicyclic) bond motifs is 3. The van der Waals surface area contributed by atoms with Crippen molar-refractivity contribution in [2.24, 2.45) is 0 Å². The van der Waals surface area contributed by atoms with E-state index in [2.05, 4.69) is 65.5 Å². The van der Waals surface area contributed by atoms with Crippen molar-refractivity contribution in [3.8, 4) is 11.5 Å². The summed E-state index contributed by atoms with van der Waals surface area (Å²) in [4.78, 5) is 31.1. The number of anilines is 1. The van der Waals surface area contributed by atoms with Crippen LogP contribution in [0.3, 0.4) is 0 Å². The number of hydrogen-bond donors (Lipinski definition) is 4. The molecule has 9 rings (SSSR count). The van der Waals surface area contributed by atoms with Crippen molar-refractivity contribution in [3.63, 3.8) is 0 Å². The average molecular weight is 733 g/mol. The van der Waals surface area contributed by atoms with Crippen molar-refractivity contribution in [2.45, 2.75) is 37.6 Å². The summed E-state index contributed by atoms with van der Waals surface area (Å²) >= 11 is 0. The second kappa shape index (κ2) is 14.6. The fraction of sp³-hybridized carbons (Fsp3) is 0.167. The molecule has 55 heavy (non-hydrogen) atoms. The summed E-state index contributed by atoms with van der Waals surface area (Å²) in [5.74, 6) is 1.64. The zero-order valence-corrected chi connectivity index (χ0v) is 29.4. The number of amides is 1. The topological polar surface area (TPSA) is 161 Å². The zero-order valence-electron chi connectivity index (χ0n) is 29.4. The molecule has 1 aliphatic rings. The minimum Gasteiger partial charge on any atom is -0.457 e. The third-order valence-corrected chi connectivity index (χ3v) is 9.90. The lowest BCUT2D eigenvalue weighted by atomic mass is 10.0. The van der Waals surface area contributed by atoms with Gasteiger partial charge in [-0.05, 0) is 64.4 Å². The molecule has 4 N–H and O–H groups in total. The molecule has 4 heterocycles. The predicted molar refractivity (Wildman–Crippen MR) is 207 cm³/mol. The highest BCUT2D eigenvalue weighted by atomic mass is 16.6. The molecule has 0 unspecified atom stereocenters. The quantitative estimate of drug-likeness (QED) is 0.127. The number of carbonyl (C=O) groups excluding carboxylic acids is 1. The molecule has 1 fully saturated rings. The number of imidazole rings is 2. The first-order valence-corrected chi connectivity index (χ1v) is 17.9. The third kappa shape index (κ3) is 6.83. The van der Waals surface area contributed by atoms with Gasteiger partial charge >= 0.3 is 0 Å². The van der Waals surface area contributed by atoms with Crippen LogP contribution in [0.5, 0.6) is 11.5 Å². The van der Waals surface area contributed by atoms with Crippen LogP contribution in [0.4, 0.5) is 5.82 Å². The number of para-hydroxylation sites is 1. The molecule has 13 nitrogen and oxygen atoms in total. The fourth-order valence-corrected chi connectivity index (χ4v) is 7.02. The first-order chi connectivity index (χ1) is 27.0. The SMILES string of the molecule is O=C(NC[C@H]1O[C@@H](n2cnc3c(NCc4ccc(Oc5ccccc5)cc4)ncnc32)[C@H](O)[C@@H]1O)c1ccc2c(c1)ncn2Cc1cccc2ccccc12. The monoisotopic (exact) mass is 732 g/mol. The Balaban J connectivity index is 0.832. The van der Waals surface area contributed by atoms with Crippen LogP contribution >= 0.6 is 0 Å². The van der Waals surface area contributed by atoms with E-state index in [0.717, 1.165) is 22.6 Å². The van der Waals surface area contributed by atoms with E-state index < -0.39 is 24.5 Å². The van der Waals surface area contributed by atoms with E-state index in [9.17, 15) is 15.0 Å². The van der Waals surface area contributed by atoms with E-state index in [1.54, 1.807) is 23.0 Å². The second-order valence-corrected chi connectivity index (χ2v) is 13.4. The number of nitrogens with one attached hydrogen (secondary N) is 2. The van der Waals surface area contributed by atoms with Crippen LogP contribution in [0.25, 0.3) is 33.0 Å². The molecule has 0 bridgehead atoms. The highest BCUT2D eigenvalue weighted by Gasteiger charge is 2.44. The zero-order chi connectivity index (χ0) is 37.3. The number of aliphatic hydroxyl groups excluding tert-OH is 2. The number of aromatic nitrogens is 6. The van der Waals surface area contributed by atoms with Crippen LogP contribution < -0.4 is 15.4 Å². The molecule has 0 radical (unpaired) electrons. The lowest BCUT2D eigenvalue weighted by Crippen LogP contribution is -2.39. The summed E-state index contributed by atoms with van der Waals surface area (Å²) < 4.78 is 15.6. The number of nitrogens with zero attached hydrogens (tertiary/aromatic N) is 6. The molecule has 1 saturated heterocycles. The fourth-order valence-electron chi connectivity index (χ4n) is 7.02. The van der Waals surface area contributed by atoms with Gasteiger partial charge in [0.15, 0.2) is 23.2 Å². The lowest BCUT2D eigenvalue weighted by Gasteiger charge is -2.17.